The molecule has 3 aromatic carbocycles. The summed E-state index contributed by atoms with van der Waals surface area (Å²) >= 11 is 0. The van der Waals surface area contributed by atoms with Gasteiger partial charge >= 0.3 is 6.03 Å². The van der Waals surface area contributed by atoms with E-state index in [1.165, 1.54) is 22.6 Å². The molecule has 1 atom stereocenters. The highest BCUT2D eigenvalue weighted by atomic mass is 19.1. The Labute approximate surface area is 196 Å². The lowest BCUT2D eigenvalue weighted by molar-refractivity contribution is 0.244. The van der Waals surface area contributed by atoms with Crippen LogP contribution in [0, 0.1) is 5.82 Å². The summed E-state index contributed by atoms with van der Waals surface area (Å²) in [7, 11) is 0. The molecule has 0 spiro atoms. The highest BCUT2D eigenvalue weighted by molar-refractivity contribution is 6.01. The number of carbonyl (C=O) groups is 1. The highest BCUT2D eigenvalue weighted by Crippen LogP contribution is 2.39. The van der Waals surface area contributed by atoms with Crippen LogP contribution in [0.4, 0.5) is 14.9 Å². The SMILES string of the molecule is CCc1ccc(-c2noc(C3=C(C)N(c4ccc(F)cc4)C(=O)NC3c3ccccc3)n2)cc1. The van der Waals surface area contributed by atoms with Crippen molar-refractivity contribution in [1.29, 1.82) is 0 Å². The fraction of sp³-hybridized carbons (Fsp3) is 0.148. The number of amides is 2. The van der Waals surface area contributed by atoms with E-state index in [9.17, 15) is 9.18 Å². The number of rotatable bonds is 5. The predicted molar refractivity (Wildman–Crippen MR) is 128 cm³/mol. The molecule has 1 aromatic heterocycles. The molecule has 7 heteroatoms. The van der Waals surface area contributed by atoms with Crippen LogP contribution in [-0.4, -0.2) is 16.2 Å². The van der Waals surface area contributed by atoms with Gasteiger partial charge in [0.1, 0.15) is 5.82 Å². The number of allylic oxidation sites excluding steroid dienone is 1. The molecule has 2 heterocycles. The molecule has 1 unspecified atom stereocenters. The van der Waals surface area contributed by atoms with Gasteiger partial charge in [-0.2, -0.15) is 4.98 Å². The minimum absolute atomic E-state index is 0.313. The van der Waals surface area contributed by atoms with E-state index >= 15 is 0 Å². The summed E-state index contributed by atoms with van der Waals surface area (Å²) in [4.78, 5) is 19.3. The lowest BCUT2D eigenvalue weighted by Gasteiger charge is -2.35. The average molecular weight is 455 g/mol. The van der Waals surface area contributed by atoms with Crippen LogP contribution in [0.1, 0.15) is 36.9 Å². The first-order valence-electron chi connectivity index (χ1n) is 11.1. The summed E-state index contributed by atoms with van der Waals surface area (Å²) < 4.78 is 19.2. The number of benzene rings is 3. The molecule has 1 aliphatic heterocycles. The summed E-state index contributed by atoms with van der Waals surface area (Å²) in [5.41, 5.74) is 4.79. The van der Waals surface area contributed by atoms with E-state index in [2.05, 4.69) is 22.4 Å². The Morgan fingerprint density at radius 2 is 1.71 bits per heavy atom. The molecular weight excluding hydrogens is 431 g/mol. The number of nitrogens with zero attached hydrogens (tertiary/aromatic N) is 3. The molecule has 5 rings (SSSR count). The van der Waals surface area contributed by atoms with E-state index in [1.807, 2.05) is 61.5 Å². The van der Waals surface area contributed by atoms with Gasteiger partial charge < -0.3 is 9.84 Å². The van der Waals surface area contributed by atoms with Crippen molar-refractivity contribution in [2.45, 2.75) is 26.3 Å². The number of halogens is 1. The second kappa shape index (κ2) is 8.94. The second-order valence-corrected chi connectivity index (χ2v) is 8.08. The van der Waals surface area contributed by atoms with Gasteiger partial charge in [-0.15, -0.1) is 0 Å². The maximum absolute atomic E-state index is 13.5. The van der Waals surface area contributed by atoms with Gasteiger partial charge in [-0.3, -0.25) is 4.90 Å². The van der Waals surface area contributed by atoms with Crippen molar-refractivity contribution in [2.24, 2.45) is 0 Å². The summed E-state index contributed by atoms with van der Waals surface area (Å²) in [6.45, 7) is 3.93. The quantitative estimate of drug-likeness (QED) is 0.393. The van der Waals surface area contributed by atoms with Gasteiger partial charge in [0, 0.05) is 11.3 Å². The van der Waals surface area contributed by atoms with Crippen molar-refractivity contribution in [3.05, 3.63) is 107 Å². The fourth-order valence-electron chi connectivity index (χ4n) is 4.16. The maximum Gasteiger partial charge on any atom is 0.326 e. The molecule has 0 radical (unpaired) electrons. The standard InChI is InChI=1S/C27H23FN4O2/c1-3-18-9-11-20(12-10-18)25-30-26(34-31-25)23-17(2)32(22-15-13-21(28)14-16-22)27(33)29-24(23)19-7-5-4-6-8-19/h4-16,24H,3H2,1-2H3,(H,29,33). The van der Waals surface area contributed by atoms with Crippen molar-refractivity contribution >= 4 is 17.3 Å². The van der Waals surface area contributed by atoms with Crippen LogP contribution in [0.2, 0.25) is 0 Å². The number of hydrogen-bond acceptors (Lipinski definition) is 4. The fourth-order valence-corrected chi connectivity index (χ4v) is 4.16. The van der Waals surface area contributed by atoms with Crippen LogP contribution in [0.25, 0.3) is 17.0 Å². The van der Waals surface area contributed by atoms with Crippen LogP contribution >= 0.6 is 0 Å². The monoisotopic (exact) mass is 454 g/mol. The van der Waals surface area contributed by atoms with Gasteiger partial charge in [-0.1, -0.05) is 66.7 Å². The predicted octanol–water partition coefficient (Wildman–Crippen LogP) is 6.14. The van der Waals surface area contributed by atoms with Gasteiger partial charge in [0.25, 0.3) is 5.89 Å². The molecule has 4 aromatic rings. The smallest absolute Gasteiger partial charge is 0.326 e. The minimum Gasteiger partial charge on any atom is -0.334 e. The Morgan fingerprint density at radius 1 is 1.00 bits per heavy atom. The topological polar surface area (TPSA) is 71.3 Å². The Balaban J connectivity index is 1.62. The third-order valence-electron chi connectivity index (χ3n) is 5.98. The maximum atomic E-state index is 13.5. The van der Waals surface area contributed by atoms with Crippen LogP contribution in [0.3, 0.4) is 0 Å². The molecule has 0 saturated heterocycles. The van der Waals surface area contributed by atoms with Crippen molar-refractivity contribution in [2.75, 3.05) is 4.90 Å². The number of aromatic nitrogens is 2. The van der Waals surface area contributed by atoms with E-state index in [0.29, 0.717) is 28.7 Å². The lowest BCUT2D eigenvalue weighted by Crippen LogP contribution is -2.46. The Hall–Kier alpha value is -4.26. The molecule has 6 nitrogen and oxygen atoms in total. The van der Waals surface area contributed by atoms with E-state index in [-0.39, 0.29) is 11.8 Å². The zero-order chi connectivity index (χ0) is 23.7. The van der Waals surface area contributed by atoms with Crippen molar-refractivity contribution in [3.8, 4) is 11.4 Å². The van der Waals surface area contributed by atoms with Gasteiger partial charge in [0.05, 0.1) is 17.3 Å². The molecule has 1 aliphatic rings. The highest BCUT2D eigenvalue weighted by Gasteiger charge is 2.36. The zero-order valence-corrected chi connectivity index (χ0v) is 18.8. The van der Waals surface area contributed by atoms with Gasteiger partial charge in [0.15, 0.2) is 0 Å². The molecular formula is C27H23FN4O2. The molecule has 2 amide bonds. The number of urea groups is 1. The number of carbonyl (C=O) groups excluding carboxylic acids is 1. The van der Waals surface area contributed by atoms with Gasteiger partial charge in [0.2, 0.25) is 5.82 Å². The van der Waals surface area contributed by atoms with E-state index in [0.717, 1.165) is 17.5 Å². The number of hydrogen-bond donors (Lipinski definition) is 1. The second-order valence-electron chi connectivity index (χ2n) is 8.08. The van der Waals surface area contributed by atoms with E-state index in [4.69, 9.17) is 4.52 Å². The summed E-state index contributed by atoms with van der Waals surface area (Å²) in [5, 5.41) is 7.25. The van der Waals surface area contributed by atoms with E-state index < -0.39 is 6.04 Å². The Bertz CT molecular complexity index is 1350. The van der Waals surface area contributed by atoms with E-state index in [1.54, 1.807) is 12.1 Å². The van der Waals surface area contributed by atoms with Gasteiger partial charge in [-0.25, -0.2) is 9.18 Å². The largest absolute Gasteiger partial charge is 0.334 e. The van der Waals surface area contributed by atoms with Crippen molar-refractivity contribution in [1.82, 2.24) is 15.5 Å². The normalized spacial score (nSPS) is 16.0. The van der Waals surface area contributed by atoms with Gasteiger partial charge in [-0.05, 0) is 48.7 Å². The van der Waals surface area contributed by atoms with Crippen LogP contribution in [0.15, 0.2) is 89.1 Å². The van der Waals surface area contributed by atoms with Crippen molar-refractivity contribution < 1.29 is 13.7 Å². The molecule has 0 fully saturated rings. The molecule has 1 N–H and O–H groups in total. The number of anilines is 1. The Morgan fingerprint density at radius 3 is 2.38 bits per heavy atom. The molecule has 170 valence electrons. The minimum atomic E-state index is -0.485. The first-order valence-corrected chi connectivity index (χ1v) is 11.1. The first kappa shape index (κ1) is 21.6. The zero-order valence-electron chi connectivity index (χ0n) is 18.8. The van der Waals surface area contributed by atoms with Crippen LogP contribution in [-0.2, 0) is 6.42 Å². The number of nitrogens with one attached hydrogen (secondary N) is 1. The third kappa shape index (κ3) is 3.96. The Kier molecular flexibility index (Phi) is 5.67. The summed E-state index contributed by atoms with van der Waals surface area (Å²) in [6.07, 6.45) is 0.946. The lowest BCUT2D eigenvalue weighted by atomic mass is 9.94. The van der Waals surface area contributed by atoms with Crippen LogP contribution < -0.4 is 10.2 Å². The summed E-state index contributed by atoms with van der Waals surface area (Å²) in [5.74, 6) is 0.406. The van der Waals surface area contributed by atoms with Crippen LogP contribution in [0.5, 0.6) is 0 Å². The molecule has 0 aliphatic carbocycles. The van der Waals surface area contributed by atoms with Crippen molar-refractivity contribution in [3.63, 3.8) is 0 Å². The molecule has 0 saturated carbocycles. The first-order chi connectivity index (χ1) is 16.5. The molecule has 0 bridgehead atoms. The third-order valence-corrected chi connectivity index (χ3v) is 5.98. The summed E-state index contributed by atoms with van der Waals surface area (Å²) in [6, 6.07) is 22.6. The molecule has 34 heavy (non-hydrogen) atoms. The number of aryl methyl sites for hydroxylation is 1. The average Bonchev–Trinajstić information content (AvgIpc) is 3.35.